The molecule has 1 amide bonds. The maximum absolute atomic E-state index is 12.9. The third-order valence-electron chi connectivity index (χ3n) is 4.91. The number of carbonyl (C=O) groups is 2. The molecule has 0 fully saturated rings. The van der Waals surface area contributed by atoms with Crippen LogP contribution in [0.3, 0.4) is 0 Å². The number of halogens is 1. The number of hydrogen-bond donors (Lipinski definition) is 1. The second kappa shape index (κ2) is 6.04. The van der Waals surface area contributed by atoms with E-state index in [0.29, 0.717) is 21.3 Å². The second-order valence-electron chi connectivity index (χ2n) is 6.52. The van der Waals surface area contributed by atoms with Gasteiger partial charge in [-0.25, -0.2) is 0 Å². The Labute approximate surface area is 159 Å². The first kappa shape index (κ1) is 16.9. The summed E-state index contributed by atoms with van der Waals surface area (Å²) in [5.41, 5.74) is -0.313. The minimum absolute atomic E-state index is 0.271. The Balaban J connectivity index is 1.73. The summed E-state index contributed by atoms with van der Waals surface area (Å²) < 4.78 is 0.708. The van der Waals surface area contributed by atoms with Crippen molar-refractivity contribution in [3.8, 4) is 0 Å². The Morgan fingerprint density at radius 1 is 1.08 bits per heavy atom. The summed E-state index contributed by atoms with van der Waals surface area (Å²) in [4.78, 5) is 27.0. The predicted molar refractivity (Wildman–Crippen MR) is 104 cm³/mol. The number of amides is 1. The molecule has 0 saturated heterocycles. The zero-order chi connectivity index (χ0) is 18.5. The minimum atomic E-state index is -1.85. The number of rotatable bonds is 3. The highest BCUT2D eigenvalue weighted by atomic mass is 79.9. The van der Waals surface area contributed by atoms with E-state index in [9.17, 15) is 14.7 Å². The van der Waals surface area contributed by atoms with Gasteiger partial charge in [0.05, 0.1) is 12.1 Å². The Kier molecular flexibility index (Phi) is 3.93. The fourth-order valence-corrected chi connectivity index (χ4v) is 4.18. The maximum atomic E-state index is 12.9. The van der Waals surface area contributed by atoms with Crippen molar-refractivity contribution in [1.29, 1.82) is 0 Å². The zero-order valence-corrected chi connectivity index (χ0v) is 15.7. The molecule has 0 aliphatic carbocycles. The van der Waals surface area contributed by atoms with Crippen molar-refractivity contribution < 1.29 is 14.7 Å². The minimum Gasteiger partial charge on any atom is -0.375 e. The lowest BCUT2D eigenvalue weighted by molar-refractivity contribution is -0.135. The standard InChI is InChI=1S/C21H16BrNO3/c1-23-19-16(7-4-8-17(19)22)21(26,20(23)25)12-18(24)15-10-9-13-5-2-3-6-14(13)11-15/h2-11,26H,12H2,1H3. The number of anilines is 1. The number of nitrogens with zero attached hydrogens (tertiary/aromatic N) is 1. The molecular formula is C21H16BrNO3. The van der Waals surface area contributed by atoms with Gasteiger partial charge in [0, 0.05) is 22.6 Å². The van der Waals surface area contributed by atoms with Crippen molar-refractivity contribution in [2.45, 2.75) is 12.0 Å². The summed E-state index contributed by atoms with van der Waals surface area (Å²) in [5.74, 6) is -0.763. The number of ketones is 1. The van der Waals surface area contributed by atoms with Crippen LogP contribution in [0, 0.1) is 0 Å². The zero-order valence-electron chi connectivity index (χ0n) is 14.1. The van der Waals surface area contributed by atoms with Gasteiger partial charge in [-0.3, -0.25) is 9.59 Å². The van der Waals surface area contributed by atoms with Crippen LogP contribution in [-0.2, 0) is 10.4 Å². The molecule has 1 N–H and O–H groups in total. The number of hydrogen-bond acceptors (Lipinski definition) is 3. The molecule has 1 aliphatic rings. The van der Waals surface area contributed by atoms with Crippen molar-refractivity contribution in [3.63, 3.8) is 0 Å². The highest BCUT2D eigenvalue weighted by Crippen LogP contribution is 2.45. The first-order chi connectivity index (χ1) is 12.4. The number of para-hydroxylation sites is 1. The van der Waals surface area contributed by atoms with Crippen LogP contribution in [0.4, 0.5) is 5.69 Å². The average molecular weight is 410 g/mol. The molecule has 1 unspecified atom stereocenters. The highest BCUT2D eigenvalue weighted by molar-refractivity contribution is 9.10. The van der Waals surface area contributed by atoms with Crippen LogP contribution in [0.2, 0.25) is 0 Å². The summed E-state index contributed by atoms with van der Waals surface area (Å²) in [5, 5.41) is 13.1. The van der Waals surface area contributed by atoms with Gasteiger partial charge in [0.1, 0.15) is 0 Å². The Morgan fingerprint density at radius 3 is 2.58 bits per heavy atom. The lowest BCUT2D eigenvalue weighted by Gasteiger charge is -2.21. The fraction of sp³-hybridized carbons (Fsp3) is 0.143. The van der Waals surface area contributed by atoms with E-state index < -0.39 is 11.5 Å². The molecule has 3 aromatic rings. The fourth-order valence-electron chi connectivity index (χ4n) is 3.55. The molecular weight excluding hydrogens is 394 g/mol. The number of Topliss-reactive ketones (excluding diaryl/α,β-unsaturated/α-hetero) is 1. The van der Waals surface area contributed by atoms with E-state index in [2.05, 4.69) is 15.9 Å². The van der Waals surface area contributed by atoms with E-state index in [1.54, 1.807) is 37.4 Å². The van der Waals surface area contributed by atoms with Crippen molar-refractivity contribution in [2.24, 2.45) is 0 Å². The smallest absolute Gasteiger partial charge is 0.263 e. The summed E-state index contributed by atoms with van der Waals surface area (Å²) in [6, 6.07) is 18.4. The molecule has 0 radical (unpaired) electrons. The monoisotopic (exact) mass is 409 g/mol. The number of likely N-dealkylation sites (N-methyl/N-ethyl adjacent to an activating group) is 1. The second-order valence-corrected chi connectivity index (χ2v) is 7.38. The van der Waals surface area contributed by atoms with Crippen LogP contribution in [0.25, 0.3) is 10.8 Å². The molecule has 0 saturated carbocycles. The molecule has 1 heterocycles. The summed E-state index contributed by atoms with van der Waals surface area (Å²) in [7, 11) is 1.60. The van der Waals surface area contributed by atoms with Gasteiger partial charge in [-0.1, -0.05) is 48.5 Å². The van der Waals surface area contributed by atoms with Crippen LogP contribution in [0.15, 0.2) is 65.1 Å². The van der Waals surface area contributed by atoms with Gasteiger partial charge in [-0.15, -0.1) is 0 Å². The molecule has 130 valence electrons. The normalized spacial score (nSPS) is 19.0. The van der Waals surface area contributed by atoms with E-state index in [1.807, 2.05) is 30.3 Å². The molecule has 3 aromatic carbocycles. The molecule has 1 atom stereocenters. The largest absolute Gasteiger partial charge is 0.375 e. The van der Waals surface area contributed by atoms with E-state index in [0.717, 1.165) is 10.8 Å². The Bertz CT molecular complexity index is 1060. The van der Waals surface area contributed by atoms with E-state index in [4.69, 9.17) is 0 Å². The lowest BCUT2D eigenvalue weighted by atomic mass is 9.88. The Morgan fingerprint density at radius 2 is 1.81 bits per heavy atom. The molecule has 0 bridgehead atoms. The molecule has 0 spiro atoms. The molecule has 4 rings (SSSR count). The Hall–Kier alpha value is -2.50. The number of fused-ring (bicyclic) bond motifs is 2. The third kappa shape index (κ3) is 2.47. The van der Waals surface area contributed by atoms with Gasteiger partial charge in [-0.05, 0) is 38.8 Å². The average Bonchev–Trinajstić information content (AvgIpc) is 2.84. The maximum Gasteiger partial charge on any atom is 0.263 e. The molecule has 4 nitrogen and oxygen atoms in total. The summed E-state index contributed by atoms with van der Waals surface area (Å²) in [6.45, 7) is 0. The third-order valence-corrected chi connectivity index (χ3v) is 5.55. The molecule has 26 heavy (non-hydrogen) atoms. The van der Waals surface area contributed by atoms with Gasteiger partial charge < -0.3 is 10.0 Å². The number of aliphatic hydroxyl groups is 1. The van der Waals surface area contributed by atoms with Gasteiger partial charge >= 0.3 is 0 Å². The predicted octanol–water partition coefficient (Wildman–Crippen LogP) is 4.04. The van der Waals surface area contributed by atoms with E-state index in [-0.39, 0.29) is 12.2 Å². The van der Waals surface area contributed by atoms with E-state index >= 15 is 0 Å². The van der Waals surface area contributed by atoms with Gasteiger partial charge in [0.25, 0.3) is 5.91 Å². The molecule has 1 aliphatic heterocycles. The van der Waals surface area contributed by atoms with Crippen LogP contribution in [0.1, 0.15) is 22.3 Å². The van der Waals surface area contributed by atoms with Crippen molar-refractivity contribution in [2.75, 3.05) is 11.9 Å². The number of benzene rings is 3. The molecule has 5 heteroatoms. The van der Waals surface area contributed by atoms with Crippen LogP contribution in [-0.4, -0.2) is 23.8 Å². The van der Waals surface area contributed by atoms with Gasteiger partial charge in [0.2, 0.25) is 0 Å². The van der Waals surface area contributed by atoms with Crippen molar-refractivity contribution in [3.05, 3.63) is 76.3 Å². The van der Waals surface area contributed by atoms with Crippen LogP contribution >= 0.6 is 15.9 Å². The molecule has 0 aromatic heterocycles. The quantitative estimate of drug-likeness (QED) is 0.664. The van der Waals surface area contributed by atoms with Crippen molar-refractivity contribution >= 4 is 44.1 Å². The van der Waals surface area contributed by atoms with Gasteiger partial charge in [0.15, 0.2) is 11.4 Å². The first-order valence-corrected chi connectivity index (χ1v) is 9.02. The van der Waals surface area contributed by atoms with Gasteiger partial charge in [-0.2, -0.15) is 0 Å². The number of carbonyl (C=O) groups excluding carboxylic acids is 2. The van der Waals surface area contributed by atoms with E-state index in [1.165, 1.54) is 4.90 Å². The topological polar surface area (TPSA) is 57.6 Å². The first-order valence-electron chi connectivity index (χ1n) is 8.23. The van der Waals surface area contributed by atoms with Crippen molar-refractivity contribution in [1.82, 2.24) is 0 Å². The summed E-state index contributed by atoms with van der Waals surface area (Å²) in [6.07, 6.45) is -0.294. The van der Waals surface area contributed by atoms with Crippen LogP contribution in [0.5, 0.6) is 0 Å². The lowest BCUT2D eigenvalue weighted by Crippen LogP contribution is -2.40. The summed E-state index contributed by atoms with van der Waals surface area (Å²) >= 11 is 3.42. The van der Waals surface area contributed by atoms with Crippen LogP contribution < -0.4 is 4.90 Å². The highest BCUT2D eigenvalue weighted by Gasteiger charge is 2.50. The SMILES string of the molecule is CN1C(=O)C(O)(CC(=O)c2ccc3ccccc3c2)c2cccc(Br)c21.